The Morgan fingerprint density at radius 3 is 2.59 bits per heavy atom. The highest BCUT2D eigenvalue weighted by atomic mass is 32.2. The number of rotatable bonds is 8. The Bertz CT molecular complexity index is 1280. The minimum atomic E-state index is -3.71. The zero-order chi connectivity index (χ0) is 22.9. The lowest BCUT2D eigenvalue weighted by molar-refractivity contribution is -0.384. The van der Waals surface area contributed by atoms with Crippen LogP contribution in [0.15, 0.2) is 51.8 Å². The van der Waals surface area contributed by atoms with Crippen molar-refractivity contribution in [2.75, 3.05) is 0 Å². The van der Waals surface area contributed by atoms with Crippen molar-refractivity contribution in [2.24, 2.45) is 0 Å². The molecule has 1 aliphatic rings. The normalized spacial score (nSPS) is 13.7. The second-order valence-electron chi connectivity index (χ2n) is 7.25. The number of aromatic nitrogens is 2. The van der Waals surface area contributed by atoms with Crippen molar-refractivity contribution in [1.82, 2.24) is 14.9 Å². The molecule has 1 fully saturated rings. The van der Waals surface area contributed by atoms with Gasteiger partial charge in [-0.3, -0.25) is 10.1 Å². The fourth-order valence-electron chi connectivity index (χ4n) is 2.84. The summed E-state index contributed by atoms with van der Waals surface area (Å²) >= 11 is 0. The van der Waals surface area contributed by atoms with Crippen LogP contribution >= 0.6 is 0 Å². The molecule has 4 rings (SSSR count). The van der Waals surface area contributed by atoms with Crippen molar-refractivity contribution in [2.45, 2.75) is 37.3 Å². The largest absolute Gasteiger partial charge is 0.452 e. The molecule has 0 saturated heterocycles. The molecule has 0 unspecified atom stereocenters. The number of non-ortho nitro benzene ring substituents is 1. The van der Waals surface area contributed by atoms with E-state index >= 15 is 0 Å². The lowest BCUT2D eigenvalue weighted by atomic mass is 10.1. The number of aryl methyl sites for hydroxylation is 1. The van der Waals surface area contributed by atoms with E-state index in [4.69, 9.17) is 9.15 Å². The molecule has 0 spiro atoms. The summed E-state index contributed by atoms with van der Waals surface area (Å²) in [5.41, 5.74) is 1.06. The standard InChI is InChI=1S/C20H18N4O7S/c1-12-2-9-16(32(28,29)23-14-5-6-14)10-17(12)20(25)30-11-18-21-22-19(31-18)13-3-7-15(8-4-13)24(26)27/h2-4,7-10,14,23H,5-6,11H2,1H3. The molecule has 3 aromatic rings. The molecule has 1 N–H and O–H groups in total. The van der Waals surface area contributed by atoms with Gasteiger partial charge in [0.15, 0.2) is 6.61 Å². The van der Waals surface area contributed by atoms with E-state index in [0.717, 1.165) is 12.8 Å². The summed E-state index contributed by atoms with van der Waals surface area (Å²) in [4.78, 5) is 22.7. The van der Waals surface area contributed by atoms with Gasteiger partial charge in [-0.05, 0) is 49.6 Å². The van der Waals surface area contributed by atoms with E-state index in [1.54, 1.807) is 6.92 Å². The van der Waals surface area contributed by atoms with Crippen LogP contribution in [-0.4, -0.2) is 35.5 Å². The van der Waals surface area contributed by atoms with Gasteiger partial charge in [-0.15, -0.1) is 10.2 Å². The number of nitrogens with one attached hydrogen (secondary N) is 1. The summed E-state index contributed by atoms with van der Waals surface area (Å²) in [6.07, 6.45) is 1.60. The summed E-state index contributed by atoms with van der Waals surface area (Å²) in [5, 5.41) is 18.4. The number of ether oxygens (including phenoxy) is 1. The molecule has 2 aromatic carbocycles. The monoisotopic (exact) mass is 458 g/mol. The quantitative estimate of drug-likeness (QED) is 0.305. The van der Waals surface area contributed by atoms with Crippen LogP contribution in [0, 0.1) is 17.0 Å². The number of hydrogen-bond donors (Lipinski definition) is 1. The van der Waals surface area contributed by atoms with Crippen LogP contribution in [0.1, 0.15) is 34.7 Å². The van der Waals surface area contributed by atoms with Crippen LogP contribution in [0.3, 0.4) is 0 Å². The maximum atomic E-state index is 12.5. The van der Waals surface area contributed by atoms with E-state index in [-0.39, 0.29) is 40.6 Å². The van der Waals surface area contributed by atoms with Crippen LogP contribution in [0.4, 0.5) is 5.69 Å². The van der Waals surface area contributed by atoms with Gasteiger partial charge in [0.2, 0.25) is 15.9 Å². The van der Waals surface area contributed by atoms with E-state index in [2.05, 4.69) is 14.9 Å². The maximum absolute atomic E-state index is 12.5. The third kappa shape index (κ3) is 4.81. The van der Waals surface area contributed by atoms with Gasteiger partial charge in [0.1, 0.15) is 0 Å². The summed E-state index contributed by atoms with van der Waals surface area (Å²) in [7, 11) is -3.71. The number of esters is 1. The van der Waals surface area contributed by atoms with Crippen LogP contribution in [0.2, 0.25) is 0 Å². The molecule has 12 heteroatoms. The lowest BCUT2D eigenvalue weighted by Crippen LogP contribution is -2.26. The van der Waals surface area contributed by atoms with Crippen molar-refractivity contribution in [3.63, 3.8) is 0 Å². The number of nitrogens with zero attached hydrogens (tertiary/aromatic N) is 3. The molecule has 1 heterocycles. The predicted octanol–water partition coefficient (Wildman–Crippen LogP) is 2.75. The van der Waals surface area contributed by atoms with Crippen molar-refractivity contribution < 1.29 is 27.3 Å². The first kappa shape index (κ1) is 21.6. The average molecular weight is 458 g/mol. The number of carbonyl (C=O) groups is 1. The van der Waals surface area contributed by atoms with Gasteiger partial charge in [0.05, 0.1) is 15.4 Å². The van der Waals surface area contributed by atoms with Gasteiger partial charge in [-0.25, -0.2) is 17.9 Å². The van der Waals surface area contributed by atoms with E-state index in [1.807, 2.05) is 0 Å². The smallest absolute Gasteiger partial charge is 0.338 e. The van der Waals surface area contributed by atoms with Gasteiger partial charge >= 0.3 is 5.97 Å². The van der Waals surface area contributed by atoms with Crippen molar-refractivity contribution in [1.29, 1.82) is 0 Å². The highest BCUT2D eigenvalue weighted by Gasteiger charge is 2.28. The fraction of sp³-hybridized carbons (Fsp3) is 0.250. The van der Waals surface area contributed by atoms with Gasteiger partial charge in [-0.2, -0.15) is 0 Å². The molecule has 11 nitrogen and oxygen atoms in total. The van der Waals surface area contributed by atoms with E-state index in [0.29, 0.717) is 11.1 Å². The number of nitro groups is 1. The zero-order valence-electron chi connectivity index (χ0n) is 16.8. The van der Waals surface area contributed by atoms with Crippen LogP contribution in [0.25, 0.3) is 11.5 Å². The lowest BCUT2D eigenvalue weighted by Gasteiger charge is -2.10. The van der Waals surface area contributed by atoms with E-state index in [9.17, 15) is 23.3 Å². The molecular formula is C20H18N4O7S. The Balaban J connectivity index is 1.44. The summed E-state index contributed by atoms with van der Waals surface area (Å²) < 4.78 is 38.0. The number of nitro benzene ring substituents is 1. The van der Waals surface area contributed by atoms with Crippen LogP contribution in [0.5, 0.6) is 0 Å². The van der Waals surface area contributed by atoms with Crippen molar-refractivity contribution >= 4 is 21.7 Å². The molecular weight excluding hydrogens is 440 g/mol. The molecule has 32 heavy (non-hydrogen) atoms. The van der Waals surface area contributed by atoms with E-state index < -0.39 is 20.9 Å². The van der Waals surface area contributed by atoms with Crippen LogP contribution < -0.4 is 4.72 Å². The highest BCUT2D eigenvalue weighted by molar-refractivity contribution is 7.89. The van der Waals surface area contributed by atoms with Gasteiger partial charge in [0, 0.05) is 23.7 Å². The number of sulfonamides is 1. The third-order valence-electron chi connectivity index (χ3n) is 4.76. The van der Waals surface area contributed by atoms with Gasteiger partial charge < -0.3 is 9.15 Å². The minimum absolute atomic E-state index is 0.0137. The first-order chi connectivity index (χ1) is 15.2. The number of carbonyl (C=O) groups excluding carboxylic acids is 1. The number of hydrogen-bond acceptors (Lipinski definition) is 9. The Hall–Kier alpha value is -3.64. The molecule has 1 aromatic heterocycles. The average Bonchev–Trinajstić information content (AvgIpc) is 3.44. The molecule has 0 aliphatic heterocycles. The molecule has 0 radical (unpaired) electrons. The fourth-order valence-corrected chi connectivity index (χ4v) is 4.17. The highest BCUT2D eigenvalue weighted by Crippen LogP contribution is 2.24. The second kappa shape index (κ2) is 8.48. The molecule has 1 saturated carbocycles. The van der Waals surface area contributed by atoms with Gasteiger partial charge in [0.25, 0.3) is 11.6 Å². The molecule has 0 bridgehead atoms. The Labute approximate surface area is 182 Å². The number of benzene rings is 2. The van der Waals surface area contributed by atoms with Crippen LogP contribution in [-0.2, 0) is 21.4 Å². The summed E-state index contributed by atoms with van der Waals surface area (Å²) in [6.45, 7) is 1.34. The Kier molecular flexibility index (Phi) is 5.72. The predicted molar refractivity (Wildman–Crippen MR) is 110 cm³/mol. The minimum Gasteiger partial charge on any atom is -0.452 e. The SMILES string of the molecule is Cc1ccc(S(=O)(=O)NC2CC2)cc1C(=O)OCc1nnc(-c2ccc([N+](=O)[O-])cc2)o1. The summed E-state index contributed by atoms with van der Waals surface area (Å²) in [5.74, 6) is -0.606. The first-order valence-electron chi connectivity index (χ1n) is 9.60. The molecule has 166 valence electrons. The summed E-state index contributed by atoms with van der Waals surface area (Å²) in [6, 6.07) is 9.74. The first-order valence-corrected chi connectivity index (χ1v) is 11.1. The Morgan fingerprint density at radius 2 is 1.94 bits per heavy atom. The van der Waals surface area contributed by atoms with Crippen molar-refractivity contribution in [3.05, 3.63) is 69.6 Å². The maximum Gasteiger partial charge on any atom is 0.338 e. The second-order valence-corrected chi connectivity index (χ2v) is 8.97. The van der Waals surface area contributed by atoms with Crippen molar-refractivity contribution in [3.8, 4) is 11.5 Å². The topological polar surface area (TPSA) is 155 Å². The Morgan fingerprint density at radius 1 is 1.22 bits per heavy atom. The van der Waals surface area contributed by atoms with Gasteiger partial charge in [-0.1, -0.05) is 6.07 Å². The molecule has 0 atom stereocenters. The zero-order valence-corrected chi connectivity index (χ0v) is 17.7. The van der Waals surface area contributed by atoms with E-state index in [1.165, 1.54) is 42.5 Å². The molecule has 0 amide bonds. The third-order valence-corrected chi connectivity index (χ3v) is 6.28. The molecule has 1 aliphatic carbocycles.